The molecule has 0 spiro atoms. The van der Waals surface area contributed by atoms with Gasteiger partial charge in [0.25, 0.3) is 5.91 Å². The number of thiophene rings is 1. The van der Waals surface area contributed by atoms with Gasteiger partial charge in [-0.1, -0.05) is 0 Å². The summed E-state index contributed by atoms with van der Waals surface area (Å²) < 4.78 is 4.65. The summed E-state index contributed by atoms with van der Waals surface area (Å²) in [4.78, 5) is 35.6. The molecule has 2 amide bonds. The van der Waals surface area contributed by atoms with Crippen molar-refractivity contribution >= 4 is 29.1 Å². The molecule has 0 aromatic carbocycles. The van der Waals surface area contributed by atoms with Gasteiger partial charge in [0.05, 0.1) is 18.0 Å². The Morgan fingerprint density at radius 2 is 1.95 bits per heavy atom. The van der Waals surface area contributed by atoms with Crippen molar-refractivity contribution in [3.8, 4) is 0 Å². The number of rotatable bonds is 6. The molecule has 1 heterocycles. The van der Waals surface area contributed by atoms with Crippen LogP contribution in [0.4, 0.5) is 0 Å². The van der Waals surface area contributed by atoms with Gasteiger partial charge in [0.1, 0.15) is 6.54 Å². The summed E-state index contributed by atoms with van der Waals surface area (Å²) in [6.45, 7) is 3.48. The van der Waals surface area contributed by atoms with E-state index in [0.29, 0.717) is 4.88 Å². The zero-order valence-corrected chi connectivity index (χ0v) is 11.6. The molecule has 0 saturated heterocycles. The molecule has 0 aliphatic rings. The van der Waals surface area contributed by atoms with Crippen LogP contribution in [-0.2, 0) is 14.3 Å². The average molecular weight is 284 g/mol. The molecule has 0 atom stereocenters. The van der Waals surface area contributed by atoms with Gasteiger partial charge in [-0.05, 0) is 26.0 Å². The zero-order valence-electron chi connectivity index (χ0n) is 10.8. The lowest BCUT2D eigenvalue weighted by Crippen LogP contribution is -2.39. The molecular formula is C12H16N2O4S. The van der Waals surface area contributed by atoms with Crippen molar-refractivity contribution < 1.29 is 19.1 Å². The highest BCUT2D eigenvalue weighted by atomic mass is 32.1. The molecule has 104 valence electrons. The fourth-order valence-electron chi connectivity index (χ4n) is 1.25. The van der Waals surface area contributed by atoms with Gasteiger partial charge in [-0.2, -0.15) is 0 Å². The summed E-state index contributed by atoms with van der Waals surface area (Å²) in [5.41, 5.74) is 0. The van der Waals surface area contributed by atoms with Gasteiger partial charge in [-0.15, -0.1) is 11.3 Å². The normalized spacial score (nSPS) is 9.79. The standard InChI is InChI=1S/C12H16N2O4S/c1-3-18-11(16)7-13-10(15)6-14-12(17)9-5-4-8(2)19-9/h4-5H,3,6-7H2,1-2H3,(H,13,15)(H,14,17). The van der Waals surface area contributed by atoms with Crippen LogP contribution in [0.2, 0.25) is 0 Å². The van der Waals surface area contributed by atoms with E-state index in [9.17, 15) is 14.4 Å². The molecule has 0 bridgehead atoms. The van der Waals surface area contributed by atoms with Crippen LogP contribution in [0.15, 0.2) is 12.1 Å². The molecule has 2 N–H and O–H groups in total. The molecular weight excluding hydrogens is 268 g/mol. The topological polar surface area (TPSA) is 84.5 Å². The summed E-state index contributed by atoms with van der Waals surface area (Å²) in [6.07, 6.45) is 0. The maximum atomic E-state index is 11.6. The first-order valence-corrected chi connectivity index (χ1v) is 6.61. The van der Waals surface area contributed by atoms with Gasteiger partial charge in [0, 0.05) is 4.88 Å². The zero-order chi connectivity index (χ0) is 14.3. The van der Waals surface area contributed by atoms with Crippen LogP contribution in [0.1, 0.15) is 21.5 Å². The number of aryl methyl sites for hydroxylation is 1. The van der Waals surface area contributed by atoms with Crippen LogP contribution >= 0.6 is 11.3 Å². The maximum absolute atomic E-state index is 11.6. The average Bonchev–Trinajstić information content (AvgIpc) is 2.80. The summed E-state index contributed by atoms with van der Waals surface area (Å²) in [6, 6.07) is 3.53. The second-order valence-corrected chi connectivity index (χ2v) is 4.96. The van der Waals surface area contributed by atoms with E-state index in [2.05, 4.69) is 15.4 Å². The molecule has 0 saturated carbocycles. The number of amides is 2. The van der Waals surface area contributed by atoms with Crippen LogP contribution in [0.25, 0.3) is 0 Å². The lowest BCUT2D eigenvalue weighted by atomic mass is 10.4. The predicted octanol–water partition coefficient (Wildman–Crippen LogP) is 0.466. The van der Waals surface area contributed by atoms with Gasteiger partial charge in [0.2, 0.25) is 5.91 Å². The Hall–Kier alpha value is -1.89. The number of carbonyl (C=O) groups excluding carboxylic acids is 3. The van der Waals surface area contributed by atoms with Crippen molar-refractivity contribution in [2.24, 2.45) is 0 Å². The molecule has 6 nitrogen and oxygen atoms in total. The molecule has 19 heavy (non-hydrogen) atoms. The fraction of sp³-hybridized carbons (Fsp3) is 0.417. The fourth-order valence-corrected chi connectivity index (χ4v) is 2.03. The number of carbonyl (C=O) groups is 3. The van der Waals surface area contributed by atoms with E-state index in [4.69, 9.17) is 0 Å². The highest BCUT2D eigenvalue weighted by Crippen LogP contribution is 2.14. The third kappa shape index (κ3) is 5.52. The lowest BCUT2D eigenvalue weighted by molar-refractivity contribution is -0.143. The van der Waals surface area contributed by atoms with Crippen molar-refractivity contribution in [1.82, 2.24) is 10.6 Å². The van der Waals surface area contributed by atoms with Gasteiger partial charge < -0.3 is 15.4 Å². The number of hydrogen-bond acceptors (Lipinski definition) is 5. The van der Waals surface area contributed by atoms with Crippen LogP contribution in [-0.4, -0.2) is 37.5 Å². The third-order valence-electron chi connectivity index (χ3n) is 2.11. The third-order valence-corrected chi connectivity index (χ3v) is 3.11. The minimum absolute atomic E-state index is 0.171. The van der Waals surface area contributed by atoms with Crippen molar-refractivity contribution in [2.45, 2.75) is 13.8 Å². The van der Waals surface area contributed by atoms with E-state index in [-0.39, 0.29) is 25.6 Å². The quantitative estimate of drug-likeness (QED) is 0.744. The van der Waals surface area contributed by atoms with Crippen LogP contribution in [0.5, 0.6) is 0 Å². The summed E-state index contributed by atoms with van der Waals surface area (Å²) in [7, 11) is 0. The van der Waals surface area contributed by atoms with Crippen LogP contribution in [0.3, 0.4) is 0 Å². The summed E-state index contributed by atoms with van der Waals surface area (Å²) in [5.74, 6) is -1.24. The van der Waals surface area contributed by atoms with Crippen molar-refractivity contribution in [2.75, 3.05) is 19.7 Å². The first kappa shape index (κ1) is 15.2. The van der Waals surface area contributed by atoms with Crippen molar-refractivity contribution in [3.63, 3.8) is 0 Å². The first-order valence-electron chi connectivity index (χ1n) is 5.80. The maximum Gasteiger partial charge on any atom is 0.325 e. The van der Waals surface area contributed by atoms with E-state index >= 15 is 0 Å². The smallest absolute Gasteiger partial charge is 0.325 e. The Morgan fingerprint density at radius 3 is 2.53 bits per heavy atom. The Balaban J connectivity index is 2.26. The Bertz CT molecular complexity index is 470. The number of nitrogens with one attached hydrogen (secondary N) is 2. The largest absolute Gasteiger partial charge is 0.465 e. The van der Waals surface area contributed by atoms with E-state index < -0.39 is 11.9 Å². The SMILES string of the molecule is CCOC(=O)CNC(=O)CNC(=O)c1ccc(C)s1. The van der Waals surface area contributed by atoms with E-state index in [1.54, 1.807) is 13.0 Å². The molecule has 1 aromatic rings. The van der Waals surface area contributed by atoms with Crippen LogP contribution in [0, 0.1) is 6.92 Å². The summed E-state index contributed by atoms with van der Waals surface area (Å²) >= 11 is 1.35. The molecule has 0 radical (unpaired) electrons. The van der Waals surface area contributed by atoms with Gasteiger partial charge >= 0.3 is 5.97 Å². The predicted molar refractivity (Wildman–Crippen MR) is 71.0 cm³/mol. The van der Waals surface area contributed by atoms with E-state index in [1.165, 1.54) is 11.3 Å². The second-order valence-electron chi connectivity index (χ2n) is 3.67. The highest BCUT2D eigenvalue weighted by Gasteiger charge is 2.10. The molecule has 0 fully saturated rings. The van der Waals surface area contributed by atoms with Gasteiger partial charge in [-0.3, -0.25) is 14.4 Å². The minimum atomic E-state index is -0.504. The number of esters is 1. The molecule has 1 rings (SSSR count). The lowest BCUT2D eigenvalue weighted by Gasteiger charge is -2.05. The molecule has 7 heteroatoms. The number of ether oxygens (including phenoxy) is 1. The van der Waals surface area contributed by atoms with E-state index in [0.717, 1.165) is 4.88 Å². The molecule has 0 aliphatic carbocycles. The van der Waals surface area contributed by atoms with Crippen LogP contribution < -0.4 is 10.6 Å². The summed E-state index contributed by atoms with van der Waals surface area (Å²) in [5, 5.41) is 4.83. The van der Waals surface area contributed by atoms with Gasteiger partial charge in [0.15, 0.2) is 0 Å². The first-order chi connectivity index (χ1) is 9.02. The monoisotopic (exact) mass is 284 g/mol. The highest BCUT2D eigenvalue weighted by molar-refractivity contribution is 7.13. The number of hydrogen-bond donors (Lipinski definition) is 2. The Labute approximate surface area is 115 Å². The Morgan fingerprint density at radius 1 is 1.21 bits per heavy atom. The molecule has 0 unspecified atom stereocenters. The van der Waals surface area contributed by atoms with Gasteiger partial charge in [-0.25, -0.2) is 0 Å². The van der Waals surface area contributed by atoms with E-state index in [1.807, 2.05) is 13.0 Å². The van der Waals surface area contributed by atoms with Crippen molar-refractivity contribution in [3.05, 3.63) is 21.9 Å². The Kier molecular flexibility index (Phi) is 6.01. The minimum Gasteiger partial charge on any atom is -0.465 e. The van der Waals surface area contributed by atoms with Crippen molar-refractivity contribution in [1.29, 1.82) is 0 Å². The second kappa shape index (κ2) is 7.52. The molecule has 0 aliphatic heterocycles. The molecule has 1 aromatic heterocycles.